The molecule has 298 valence electrons. The van der Waals surface area contributed by atoms with Crippen molar-refractivity contribution in [3.05, 3.63) is 11.6 Å². The van der Waals surface area contributed by atoms with Crippen molar-refractivity contribution in [2.24, 2.45) is 22.7 Å². The molecule has 0 aromatic heterocycles. The molecule has 0 aromatic carbocycles. The molecular formula is C23H58O8P20. The van der Waals surface area contributed by atoms with E-state index >= 15 is 0 Å². The summed E-state index contributed by atoms with van der Waals surface area (Å²) in [5, 5.41) is 35.9. The van der Waals surface area contributed by atoms with E-state index in [4.69, 9.17) is 18.5 Å². The summed E-state index contributed by atoms with van der Waals surface area (Å²) in [7, 11) is 31.3. The molecule has 23 atom stereocenters. The normalized spacial score (nSPS) is 34.1. The zero-order chi connectivity index (χ0) is 39.1. The van der Waals surface area contributed by atoms with Crippen LogP contribution >= 0.6 is 162 Å². The summed E-state index contributed by atoms with van der Waals surface area (Å²) in [4.78, 5) is 13.2. The fourth-order valence-electron chi connectivity index (χ4n) is 7.59. The highest BCUT2D eigenvalue weighted by atomic mass is 33.2. The van der Waals surface area contributed by atoms with Crippen LogP contribution in [0.3, 0.4) is 0 Å². The number of carbonyl (C=O) groups is 1. The van der Waals surface area contributed by atoms with Crippen molar-refractivity contribution in [3.63, 3.8) is 0 Å². The topological polar surface area (TPSA) is 115 Å². The van der Waals surface area contributed by atoms with Gasteiger partial charge in [-0.05, 0) is 66.2 Å². The van der Waals surface area contributed by atoms with E-state index < -0.39 is 102 Å². The minimum absolute atomic E-state index is 0.0438. The van der Waals surface area contributed by atoms with Crippen molar-refractivity contribution in [1.82, 2.24) is 0 Å². The highest BCUT2D eigenvalue weighted by molar-refractivity contribution is 9.19. The molecule has 1 saturated carbocycles. The van der Waals surface area contributed by atoms with Crippen molar-refractivity contribution in [2.75, 3.05) is 6.61 Å². The second kappa shape index (κ2) is 22.5. The van der Waals surface area contributed by atoms with Gasteiger partial charge in [0.1, 0.15) is 11.7 Å². The Morgan fingerprint density at radius 2 is 1.43 bits per heavy atom. The van der Waals surface area contributed by atoms with Gasteiger partial charge in [-0.3, -0.25) is 4.79 Å². The lowest BCUT2D eigenvalue weighted by molar-refractivity contribution is -0.347. The molecule has 0 amide bonds. The number of aliphatic hydroxyl groups excluding tert-OH is 2. The number of rotatable bonds is 16. The Kier molecular flexibility index (Phi) is 23.3. The van der Waals surface area contributed by atoms with E-state index in [2.05, 4.69) is 125 Å². The summed E-state index contributed by atoms with van der Waals surface area (Å²) in [6, 6.07) is 0. The van der Waals surface area contributed by atoms with Crippen molar-refractivity contribution in [1.29, 1.82) is 0 Å². The van der Waals surface area contributed by atoms with E-state index in [-0.39, 0.29) is 39.6 Å². The maximum atomic E-state index is 13.2. The molecule has 3 N–H and O–H groups in total. The molecule has 2 fully saturated rings. The van der Waals surface area contributed by atoms with E-state index in [1.54, 1.807) is 6.92 Å². The van der Waals surface area contributed by atoms with Crippen LogP contribution in [0.4, 0.5) is 0 Å². The van der Waals surface area contributed by atoms with Crippen molar-refractivity contribution < 1.29 is 38.6 Å². The molecular weight excluding hydrogens is 1020 g/mol. The summed E-state index contributed by atoms with van der Waals surface area (Å²) < 4.78 is 27.0. The standard InChI is InChI=1S/C23H58O8P20/c1-11-9-21(4,5)14(7-15(11)30-44(50(42)47(36)37)51(48(38)39)49(40)41)18(29-13(3)25)19-22(6,20(26)12(2)24)16(8-17-23(19,27)10-28-17)31-43(45(32)33)46(34)35/h9,12,14-20,24,26-27H,7-8,10,32-42H2,1-6H3/t12-,14?,15+,16+,17-,18?,19?,20-,22-,23+,44?,50?/m1/s1. The van der Waals surface area contributed by atoms with E-state index in [0.717, 1.165) is 5.57 Å². The Balaban J connectivity index is 2.24. The number of aliphatic hydroxyl groups is 3. The van der Waals surface area contributed by atoms with Crippen LogP contribution in [0.15, 0.2) is 11.6 Å². The quantitative estimate of drug-likeness (QED) is 0.0796. The third-order valence-electron chi connectivity index (χ3n) is 9.87. The predicted molar refractivity (Wildman–Crippen MR) is 279 cm³/mol. The molecule has 1 saturated heterocycles. The maximum absolute atomic E-state index is 13.2. The number of carbonyl (C=O) groups excluding carboxylic acids is 1. The van der Waals surface area contributed by atoms with Crippen molar-refractivity contribution in [3.8, 4) is 0 Å². The van der Waals surface area contributed by atoms with Gasteiger partial charge >= 0.3 is 5.97 Å². The number of esters is 1. The lowest BCUT2D eigenvalue weighted by Gasteiger charge is -2.65. The molecule has 1 aliphatic heterocycles. The summed E-state index contributed by atoms with van der Waals surface area (Å²) >= 11 is 0. The monoisotopic (exact) mass is 1080 g/mol. The first-order chi connectivity index (χ1) is 23.3. The van der Waals surface area contributed by atoms with Crippen LogP contribution in [0.25, 0.3) is 0 Å². The molecule has 8 nitrogen and oxygen atoms in total. The molecule has 2 aliphatic carbocycles. The van der Waals surface area contributed by atoms with Gasteiger partial charge in [0.05, 0.1) is 52.2 Å². The first-order valence-corrected chi connectivity index (χ1v) is 50.3. The van der Waals surface area contributed by atoms with Gasteiger partial charge in [-0.15, -0.1) is 89.3 Å². The van der Waals surface area contributed by atoms with Crippen LogP contribution in [0, 0.1) is 22.7 Å². The van der Waals surface area contributed by atoms with Crippen LogP contribution in [0.1, 0.15) is 54.4 Å². The molecule has 0 radical (unpaired) electrons. The number of ether oxygens (including phenoxy) is 2. The molecule has 3 rings (SSSR count). The van der Waals surface area contributed by atoms with Gasteiger partial charge < -0.3 is 33.8 Å². The first-order valence-electron chi connectivity index (χ1n) is 15.6. The average molecular weight is 1080 g/mol. The lowest BCUT2D eigenvalue weighted by atomic mass is 9.49. The molecule has 3 aliphatic rings. The Labute approximate surface area is 341 Å². The second-order valence-electron chi connectivity index (χ2n) is 13.9. The maximum Gasteiger partial charge on any atom is 0.302 e. The van der Waals surface area contributed by atoms with Gasteiger partial charge in [-0.2, -0.15) is 0 Å². The van der Waals surface area contributed by atoms with Gasteiger partial charge in [-0.25, -0.2) is 0 Å². The van der Waals surface area contributed by atoms with Crippen LogP contribution in [0.2, 0.25) is 0 Å². The minimum Gasteiger partial charge on any atom is -0.462 e. The lowest BCUT2D eigenvalue weighted by Crippen LogP contribution is -2.78. The Morgan fingerprint density at radius 3 is 1.84 bits per heavy atom. The van der Waals surface area contributed by atoms with Crippen LogP contribution in [-0.2, 0) is 23.3 Å². The van der Waals surface area contributed by atoms with Gasteiger partial charge in [0, 0.05) is 44.6 Å². The summed E-state index contributed by atoms with van der Waals surface area (Å²) in [5.41, 5.74) is -1.92. The smallest absolute Gasteiger partial charge is 0.302 e. The molecule has 51 heavy (non-hydrogen) atoms. The minimum atomic E-state index is -1.41. The second-order valence-corrected chi connectivity index (χ2v) is 86.3. The number of hydrogen-bond donors (Lipinski definition) is 3. The first kappa shape index (κ1) is 52.9. The highest BCUT2D eigenvalue weighted by Gasteiger charge is 2.71. The predicted octanol–water partition coefficient (Wildman–Crippen LogP) is 12.8. The van der Waals surface area contributed by atoms with Crippen LogP contribution < -0.4 is 0 Å². The van der Waals surface area contributed by atoms with E-state index in [9.17, 15) is 20.1 Å². The zero-order valence-corrected chi connectivity index (χ0v) is 50.3. The molecule has 0 spiro atoms. The average Bonchev–Trinajstić information content (AvgIpc) is 2.97. The zero-order valence-electron chi connectivity index (χ0n) is 29.6. The Hall–Kier alpha value is 7.57. The number of hydrogen-bond acceptors (Lipinski definition) is 8. The number of fused-ring (bicyclic) bond motifs is 1. The van der Waals surface area contributed by atoms with Gasteiger partial charge in [0.15, 0.2) is 0 Å². The fourth-order valence-corrected chi connectivity index (χ4v) is 136. The van der Waals surface area contributed by atoms with Gasteiger partial charge in [0.25, 0.3) is 0 Å². The summed E-state index contributed by atoms with van der Waals surface area (Å²) in [6.45, 7) is 8.07. The highest BCUT2D eigenvalue weighted by Crippen LogP contribution is 3.17. The SMILES string of the molecule is CC(=O)OC(C1C[C@H](OP(P(P)P(P)P)P(P(P)P)P(P)P)C(C)=CC1(C)C)C1[C@](C)([C@H](O)[C@@H](C)O)[C@@H](OP(P(P)P)P(P)P)C[C@H]2OC[C@@]12O. The largest absolute Gasteiger partial charge is 0.462 e. The van der Waals surface area contributed by atoms with E-state index in [1.165, 1.54) is 6.92 Å². The molecule has 1 heterocycles. The Bertz CT molecular complexity index is 1200. The van der Waals surface area contributed by atoms with Crippen molar-refractivity contribution in [2.45, 2.75) is 96.6 Å². The van der Waals surface area contributed by atoms with Gasteiger partial charge in [-0.1, -0.05) is 35.8 Å². The summed E-state index contributed by atoms with van der Waals surface area (Å²) in [6.07, 6.45) is -1.41. The van der Waals surface area contributed by atoms with E-state index in [0.29, 0.717) is 12.8 Å². The van der Waals surface area contributed by atoms with Crippen LogP contribution in [0.5, 0.6) is 0 Å². The molecule has 16 unspecified atom stereocenters. The third-order valence-corrected chi connectivity index (χ3v) is 103. The van der Waals surface area contributed by atoms with Gasteiger partial charge in [0.2, 0.25) is 0 Å². The Morgan fingerprint density at radius 1 is 0.882 bits per heavy atom. The fraction of sp³-hybridized carbons (Fsp3) is 0.870. The van der Waals surface area contributed by atoms with Crippen LogP contribution in [-0.4, -0.2) is 70.1 Å². The summed E-state index contributed by atoms with van der Waals surface area (Å²) in [5.74, 6) is -1.56. The van der Waals surface area contributed by atoms with Crippen molar-refractivity contribution >= 4 is 168 Å². The molecule has 0 aromatic rings. The molecule has 0 bridgehead atoms. The number of allylic oxidation sites excluding steroid dienone is 1. The van der Waals surface area contributed by atoms with E-state index in [1.807, 2.05) is 6.92 Å². The molecule has 28 heteroatoms. The third kappa shape index (κ3) is 12.6.